The molecule has 26 heavy (non-hydrogen) atoms. The number of carbonyl (C=O) groups is 1. The van der Waals surface area contributed by atoms with Crippen LogP contribution in [0.5, 0.6) is 0 Å². The Bertz CT molecular complexity index is 1010. The maximum Gasteiger partial charge on any atom is 0.270 e. The number of nitrogens with one attached hydrogen (secondary N) is 1. The number of rotatable bonds is 3. The zero-order valence-electron chi connectivity index (χ0n) is 14.2. The molecule has 134 valence electrons. The maximum atomic E-state index is 12.5. The van der Waals surface area contributed by atoms with Gasteiger partial charge in [0.25, 0.3) is 5.91 Å². The van der Waals surface area contributed by atoms with Crippen LogP contribution in [-0.4, -0.2) is 44.8 Å². The van der Waals surface area contributed by atoms with Crippen LogP contribution in [0.25, 0.3) is 10.9 Å². The van der Waals surface area contributed by atoms with Crippen LogP contribution in [0.3, 0.4) is 0 Å². The monoisotopic (exact) mass is 390 g/mol. The first-order chi connectivity index (χ1) is 12.4. The summed E-state index contributed by atoms with van der Waals surface area (Å²) in [5.74, 6) is -0.196. The van der Waals surface area contributed by atoms with Crippen molar-refractivity contribution in [2.45, 2.75) is 13.0 Å². The number of carbonyl (C=O) groups excluding carboxylic acids is 1. The quantitative estimate of drug-likeness (QED) is 0.695. The van der Waals surface area contributed by atoms with E-state index in [-0.39, 0.29) is 11.9 Å². The molecule has 0 aliphatic carbocycles. The van der Waals surface area contributed by atoms with Crippen LogP contribution in [0.1, 0.15) is 16.2 Å². The molecule has 0 atom stereocenters. The van der Waals surface area contributed by atoms with Crippen LogP contribution in [0, 0.1) is 6.92 Å². The first-order valence-corrected chi connectivity index (χ1v) is 8.84. The van der Waals surface area contributed by atoms with Crippen molar-refractivity contribution in [3.63, 3.8) is 0 Å². The topological polar surface area (TPSA) is 75.9 Å². The van der Waals surface area contributed by atoms with E-state index in [0.717, 1.165) is 22.3 Å². The van der Waals surface area contributed by atoms with Crippen LogP contribution in [0.2, 0.25) is 10.2 Å². The molecular weight excluding hydrogens is 375 g/mol. The average molecular weight is 391 g/mol. The van der Waals surface area contributed by atoms with E-state index >= 15 is 0 Å². The number of fused-ring (bicyclic) bond motifs is 1. The minimum absolute atomic E-state index is 0.0259. The highest BCUT2D eigenvalue weighted by Crippen LogP contribution is 2.30. The summed E-state index contributed by atoms with van der Waals surface area (Å²) in [6, 6.07) is 3.53. The van der Waals surface area contributed by atoms with Crippen LogP contribution < -0.4 is 10.2 Å². The number of hydrogen-bond acceptors (Lipinski definition) is 5. The van der Waals surface area contributed by atoms with Crippen LogP contribution in [0.4, 0.5) is 5.69 Å². The van der Waals surface area contributed by atoms with Gasteiger partial charge in [0.15, 0.2) is 0 Å². The molecule has 3 aromatic rings. The molecular formula is C17H16Cl2N6O. The third-order valence-electron chi connectivity index (χ3n) is 4.61. The summed E-state index contributed by atoms with van der Waals surface area (Å²) >= 11 is 12.1. The average Bonchev–Trinajstić information content (AvgIpc) is 2.87. The molecule has 1 saturated heterocycles. The minimum Gasteiger partial charge on any atom is -0.366 e. The Morgan fingerprint density at radius 2 is 2.00 bits per heavy atom. The van der Waals surface area contributed by atoms with E-state index < -0.39 is 0 Å². The fourth-order valence-corrected chi connectivity index (χ4v) is 3.40. The standard InChI is InChI=1S/C17H16Cl2N6O/c1-9-11-3-13(20-6-14(11)23-24(9)2)17(26)22-10-7-25(8-10)15-4-16(19)21-5-12(15)18/h3-6,10H,7-8H2,1-2H3,(H,22,26). The van der Waals surface area contributed by atoms with Gasteiger partial charge in [0, 0.05) is 43.5 Å². The molecule has 1 N–H and O–H groups in total. The van der Waals surface area contributed by atoms with Crippen LogP contribution >= 0.6 is 23.2 Å². The van der Waals surface area contributed by atoms with Gasteiger partial charge in [-0.15, -0.1) is 0 Å². The van der Waals surface area contributed by atoms with Crippen molar-refractivity contribution in [3.8, 4) is 0 Å². The molecule has 1 aliphatic rings. The molecule has 4 heterocycles. The van der Waals surface area contributed by atoms with E-state index in [9.17, 15) is 4.79 Å². The van der Waals surface area contributed by atoms with Gasteiger partial charge in [0.1, 0.15) is 16.4 Å². The lowest BCUT2D eigenvalue weighted by atomic mass is 10.1. The van der Waals surface area contributed by atoms with Crippen LogP contribution in [-0.2, 0) is 7.05 Å². The zero-order chi connectivity index (χ0) is 18.4. The lowest BCUT2D eigenvalue weighted by molar-refractivity contribution is 0.0925. The highest BCUT2D eigenvalue weighted by atomic mass is 35.5. The molecule has 1 fully saturated rings. The Kier molecular flexibility index (Phi) is 4.20. The smallest absolute Gasteiger partial charge is 0.270 e. The van der Waals surface area contributed by atoms with Crippen molar-refractivity contribution in [2.75, 3.05) is 18.0 Å². The summed E-state index contributed by atoms with van der Waals surface area (Å²) in [5.41, 5.74) is 2.98. The number of amides is 1. The van der Waals surface area contributed by atoms with E-state index in [1.807, 2.05) is 18.9 Å². The highest BCUT2D eigenvalue weighted by molar-refractivity contribution is 6.34. The van der Waals surface area contributed by atoms with Gasteiger partial charge >= 0.3 is 0 Å². The first kappa shape index (κ1) is 17.1. The van der Waals surface area contributed by atoms with Crippen molar-refractivity contribution in [1.29, 1.82) is 0 Å². The van der Waals surface area contributed by atoms with Gasteiger partial charge in [-0.3, -0.25) is 9.48 Å². The molecule has 0 radical (unpaired) electrons. The second-order valence-corrected chi connectivity index (χ2v) is 7.12. The second kappa shape index (κ2) is 6.41. The number of aromatic nitrogens is 4. The molecule has 0 unspecified atom stereocenters. The lowest BCUT2D eigenvalue weighted by Crippen LogP contribution is -2.59. The molecule has 0 bridgehead atoms. The SMILES string of the molecule is Cc1c2cc(C(=O)NC3CN(c4cc(Cl)ncc4Cl)C3)ncc2nn1C. The molecule has 1 aliphatic heterocycles. The number of nitrogens with zero attached hydrogens (tertiary/aromatic N) is 5. The molecule has 0 aromatic carbocycles. The highest BCUT2D eigenvalue weighted by Gasteiger charge is 2.30. The summed E-state index contributed by atoms with van der Waals surface area (Å²) < 4.78 is 1.78. The van der Waals surface area contributed by atoms with Gasteiger partial charge < -0.3 is 10.2 Å². The minimum atomic E-state index is -0.196. The predicted molar refractivity (Wildman–Crippen MR) is 101 cm³/mol. The summed E-state index contributed by atoms with van der Waals surface area (Å²) in [6.07, 6.45) is 3.16. The van der Waals surface area contributed by atoms with Gasteiger partial charge in [-0.2, -0.15) is 5.10 Å². The van der Waals surface area contributed by atoms with E-state index in [1.54, 1.807) is 23.0 Å². The fourth-order valence-electron chi connectivity index (χ4n) is 3.02. The Balaban J connectivity index is 1.43. The largest absolute Gasteiger partial charge is 0.366 e. The van der Waals surface area contributed by atoms with Crippen molar-refractivity contribution < 1.29 is 4.79 Å². The number of halogens is 2. The normalized spacial score (nSPS) is 14.5. The molecule has 0 saturated carbocycles. The zero-order valence-corrected chi connectivity index (χ0v) is 15.7. The fraction of sp³-hybridized carbons (Fsp3) is 0.294. The Morgan fingerprint density at radius 1 is 1.23 bits per heavy atom. The van der Waals surface area contributed by atoms with Gasteiger partial charge in [-0.1, -0.05) is 23.2 Å². The van der Waals surface area contributed by atoms with Gasteiger partial charge in [-0.25, -0.2) is 9.97 Å². The van der Waals surface area contributed by atoms with Gasteiger partial charge in [0.2, 0.25) is 0 Å². The molecule has 9 heteroatoms. The Morgan fingerprint density at radius 3 is 2.77 bits per heavy atom. The predicted octanol–water partition coefficient (Wildman–Crippen LogP) is 2.60. The molecule has 4 rings (SSSR count). The van der Waals surface area contributed by atoms with Crippen molar-refractivity contribution in [1.82, 2.24) is 25.1 Å². The lowest BCUT2D eigenvalue weighted by Gasteiger charge is -2.41. The van der Waals surface area contributed by atoms with Crippen molar-refractivity contribution in [2.24, 2.45) is 7.05 Å². The van der Waals surface area contributed by atoms with Gasteiger partial charge in [0.05, 0.1) is 22.9 Å². The summed E-state index contributed by atoms with van der Waals surface area (Å²) in [5, 5.41) is 9.20. The van der Waals surface area contributed by atoms with E-state index in [0.29, 0.717) is 29.0 Å². The third-order valence-corrected chi connectivity index (χ3v) is 5.11. The van der Waals surface area contributed by atoms with Crippen LogP contribution in [0.15, 0.2) is 24.5 Å². The summed E-state index contributed by atoms with van der Waals surface area (Å²) in [4.78, 5) is 22.7. The number of anilines is 1. The summed E-state index contributed by atoms with van der Waals surface area (Å²) in [6.45, 7) is 3.27. The Labute approximate surface area is 159 Å². The number of hydrogen-bond donors (Lipinski definition) is 1. The van der Waals surface area contributed by atoms with E-state index in [4.69, 9.17) is 23.2 Å². The first-order valence-electron chi connectivity index (χ1n) is 8.08. The van der Waals surface area contributed by atoms with Gasteiger partial charge in [-0.05, 0) is 13.0 Å². The number of pyridine rings is 2. The van der Waals surface area contributed by atoms with Crippen molar-refractivity contribution >= 4 is 45.7 Å². The second-order valence-electron chi connectivity index (χ2n) is 6.33. The summed E-state index contributed by atoms with van der Waals surface area (Å²) in [7, 11) is 1.87. The van der Waals surface area contributed by atoms with Crippen molar-refractivity contribution in [3.05, 3.63) is 46.1 Å². The molecule has 0 spiro atoms. The maximum absolute atomic E-state index is 12.5. The molecule has 7 nitrogen and oxygen atoms in total. The Hall–Kier alpha value is -2.38. The molecule has 3 aromatic heterocycles. The number of aryl methyl sites for hydroxylation is 2. The van der Waals surface area contributed by atoms with E-state index in [2.05, 4.69) is 20.4 Å². The third kappa shape index (κ3) is 2.97. The molecule has 1 amide bonds. The van der Waals surface area contributed by atoms with E-state index in [1.165, 1.54) is 6.20 Å².